The number of nitrogens with zero attached hydrogens (tertiary/aromatic N) is 3. The number of anilines is 2. The van der Waals surface area contributed by atoms with Crippen LogP contribution in [0.3, 0.4) is 0 Å². The Balaban J connectivity index is 1.70. The second-order valence-electron chi connectivity index (χ2n) is 7.65. The summed E-state index contributed by atoms with van der Waals surface area (Å²) in [6.45, 7) is 0.555. The third kappa shape index (κ3) is 2.97. The maximum Gasteiger partial charge on any atom is 0.392 e. The van der Waals surface area contributed by atoms with Crippen LogP contribution >= 0.6 is 0 Å². The average Bonchev–Trinajstić information content (AvgIpc) is 2.64. The van der Waals surface area contributed by atoms with Crippen molar-refractivity contribution < 1.29 is 22.6 Å². The summed E-state index contributed by atoms with van der Waals surface area (Å²) in [5.74, 6) is 0.389. The lowest BCUT2D eigenvalue weighted by atomic mass is 9.58. The maximum absolute atomic E-state index is 13.5. The first kappa shape index (κ1) is 18.9. The molecular formula is C19H23F3N4O2. The first-order valence-corrected chi connectivity index (χ1v) is 9.28. The molecule has 1 aromatic carbocycles. The van der Waals surface area contributed by atoms with Gasteiger partial charge in [-0.3, -0.25) is 0 Å². The number of benzene rings is 1. The van der Waals surface area contributed by atoms with Crippen LogP contribution in [0.25, 0.3) is 10.9 Å². The summed E-state index contributed by atoms with van der Waals surface area (Å²) < 4.78 is 51.2. The largest absolute Gasteiger partial charge is 0.493 e. The molecule has 1 saturated heterocycles. The van der Waals surface area contributed by atoms with Gasteiger partial charge in [0.25, 0.3) is 0 Å². The molecule has 0 radical (unpaired) electrons. The van der Waals surface area contributed by atoms with Crippen molar-refractivity contribution in [3.05, 3.63) is 12.1 Å². The van der Waals surface area contributed by atoms with Gasteiger partial charge >= 0.3 is 6.18 Å². The molecule has 2 heterocycles. The monoisotopic (exact) mass is 396 g/mol. The average molecular weight is 396 g/mol. The Morgan fingerprint density at radius 1 is 1.14 bits per heavy atom. The topological polar surface area (TPSA) is 73.5 Å². The highest BCUT2D eigenvalue weighted by Crippen LogP contribution is 2.56. The minimum absolute atomic E-state index is 0.0523. The molecule has 2 aliphatic rings. The fraction of sp³-hybridized carbons (Fsp3) is 0.579. The Morgan fingerprint density at radius 3 is 2.39 bits per heavy atom. The molecule has 1 aromatic heterocycles. The number of methoxy groups -OCH3 is 2. The fourth-order valence-electron chi connectivity index (χ4n) is 4.59. The smallest absolute Gasteiger partial charge is 0.392 e. The van der Waals surface area contributed by atoms with E-state index in [9.17, 15) is 13.2 Å². The summed E-state index contributed by atoms with van der Waals surface area (Å²) >= 11 is 0. The molecule has 1 unspecified atom stereocenters. The lowest BCUT2D eigenvalue weighted by Gasteiger charge is -2.54. The van der Waals surface area contributed by atoms with Crippen molar-refractivity contribution in [3.63, 3.8) is 0 Å². The van der Waals surface area contributed by atoms with Crippen LogP contribution in [0.4, 0.5) is 24.9 Å². The van der Waals surface area contributed by atoms with E-state index in [1.54, 1.807) is 12.1 Å². The Kier molecular flexibility index (Phi) is 4.43. The van der Waals surface area contributed by atoms with Crippen molar-refractivity contribution in [1.29, 1.82) is 0 Å². The number of alkyl halides is 3. The zero-order valence-corrected chi connectivity index (χ0v) is 15.8. The van der Waals surface area contributed by atoms with Crippen molar-refractivity contribution in [3.8, 4) is 11.5 Å². The lowest BCUT2D eigenvalue weighted by Crippen LogP contribution is -2.57. The minimum Gasteiger partial charge on any atom is -0.493 e. The molecule has 1 aliphatic carbocycles. The molecular weight excluding hydrogens is 373 g/mol. The van der Waals surface area contributed by atoms with Gasteiger partial charge in [-0.15, -0.1) is 0 Å². The second-order valence-corrected chi connectivity index (χ2v) is 7.65. The molecule has 0 bridgehead atoms. The number of rotatable bonds is 3. The highest BCUT2D eigenvalue weighted by atomic mass is 19.4. The summed E-state index contributed by atoms with van der Waals surface area (Å²) in [7, 11) is 3.05. The van der Waals surface area contributed by atoms with Gasteiger partial charge < -0.3 is 20.1 Å². The molecule has 9 heteroatoms. The van der Waals surface area contributed by atoms with E-state index in [1.807, 2.05) is 4.90 Å². The van der Waals surface area contributed by atoms with E-state index in [1.165, 1.54) is 14.2 Å². The van der Waals surface area contributed by atoms with Crippen molar-refractivity contribution in [1.82, 2.24) is 9.97 Å². The molecule has 152 valence electrons. The third-order valence-corrected chi connectivity index (χ3v) is 6.18. The van der Waals surface area contributed by atoms with E-state index in [0.29, 0.717) is 47.7 Å². The molecule has 28 heavy (non-hydrogen) atoms. The standard InChI is InChI=1S/C19H23F3N4O2/c1-27-13-8-11-12(9-14(13)28-2)24-17(25-16(11)23)26-7-4-15(19(20,21)22)18(10-26)5-3-6-18/h8-9,15H,3-7,10H2,1-2H3,(H2,23,24,25). The van der Waals surface area contributed by atoms with Gasteiger partial charge in [-0.2, -0.15) is 18.2 Å². The summed E-state index contributed by atoms with van der Waals surface area (Å²) in [5, 5.41) is 0.616. The van der Waals surface area contributed by atoms with Crippen LogP contribution in [0.5, 0.6) is 11.5 Å². The van der Waals surface area contributed by atoms with E-state index in [-0.39, 0.29) is 18.8 Å². The lowest BCUT2D eigenvalue weighted by molar-refractivity contribution is -0.225. The Morgan fingerprint density at radius 2 is 1.82 bits per heavy atom. The molecule has 2 fully saturated rings. The van der Waals surface area contributed by atoms with Gasteiger partial charge in [0.05, 0.1) is 25.7 Å². The number of nitrogens with two attached hydrogens (primary N) is 1. The molecule has 4 rings (SSSR count). The van der Waals surface area contributed by atoms with Crippen LogP contribution in [0.2, 0.25) is 0 Å². The summed E-state index contributed by atoms with van der Waals surface area (Å²) in [5.41, 5.74) is 5.97. The number of hydrogen-bond acceptors (Lipinski definition) is 6. The van der Waals surface area contributed by atoms with Gasteiger partial charge in [0.1, 0.15) is 5.82 Å². The molecule has 2 N–H and O–H groups in total. The molecule has 1 saturated carbocycles. The Bertz CT molecular complexity index is 899. The number of nitrogen functional groups attached to an aromatic ring is 1. The van der Waals surface area contributed by atoms with E-state index in [2.05, 4.69) is 9.97 Å². The Labute approximate surface area is 160 Å². The van der Waals surface area contributed by atoms with Gasteiger partial charge in [-0.05, 0) is 30.7 Å². The molecule has 1 atom stereocenters. The zero-order chi connectivity index (χ0) is 20.1. The van der Waals surface area contributed by atoms with Crippen molar-refractivity contribution in [2.45, 2.75) is 31.9 Å². The molecule has 6 nitrogen and oxygen atoms in total. The first-order valence-electron chi connectivity index (χ1n) is 9.28. The summed E-state index contributed by atoms with van der Waals surface area (Å²) in [6, 6.07) is 3.41. The van der Waals surface area contributed by atoms with E-state index in [0.717, 1.165) is 6.42 Å². The van der Waals surface area contributed by atoms with E-state index < -0.39 is 17.5 Å². The predicted molar refractivity (Wildman–Crippen MR) is 99.7 cm³/mol. The molecule has 1 spiro atoms. The molecule has 1 aliphatic heterocycles. The number of fused-ring (bicyclic) bond motifs is 1. The SMILES string of the molecule is COc1cc2nc(N3CCC(C(F)(F)F)C4(CCC4)C3)nc(N)c2cc1OC. The molecule has 2 aromatic rings. The quantitative estimate of drug-likeness (QED) is 0.851. The second kappa shape index (κ2) is 6.56. The van der Waals surface area contributed by atoms with Crippen LogP contribution in [-0.2, 0) is 0 Å². The predicted octanol–water partition coefficient (Wildman–Crippen LogP) is 3.79. The van der Waals surface area contributed by atoms with Gasteiger partial charge in [0.15, 0.2) is 11.5 Å². The third-order valence-electron chi connectivity index (χ3n) is 6.18. The number of hydrogen-bond donors (Lipinski definition) is 1. The number of ether oxygens (including phenoxy) is 2. The van der Waals surface area contributed by atoms with Crippen LogP contribution in [-0.4, -0.2) is 43.5 Å². The van der Waals surface area contributed by atoms with E-state index >= 15 is 0 Å². The van der Waals surface area contributed by atoms with Crippen LogP contribution in [0.1, 0.15) is 25.7 Å². The van der Waals surface area contributed by atoms with Crippen LogP contribution in [0, 0.1) is 11.3 Å². The van der Waals surface area contributed by atoms with Gasteiger partial charge in [-0.25, -0.2) is 4.98 Å². The summed E-state index contributed by atoms with van der Waals surface area (Å²) in [4.78, 5) is 10.8. The first-order chi connectivity index (χ1) is 13.3. The van der Waals surface area contributed by atoms with Crippen LogP contribution in [0.15, 0.2) is 12.1 Å². The van der Waals surface area contributed by atoms with E-state index in [4.69, 9.17) is 15.2 Å². The van der Waals surface area contributed by atoms with Crippen molar-refractivity contribution in [2.75, 3.05) is 37.9 Å². The van der Waals surface area contributed by atoms with Crippen LogP contribution < -0.4 is 20.1 Å². The number of piperidine rings is 1. The minimum atomic E-state index is -4.17. The zero-order valence-electron chi connectivity index (χ0n) is 15.8. The number of halogens is 3. The normalized spacial score (nSPS) is 21.6. The summed E-state index contributed by atoms with van der Waals surface area (Å²) in [6.07, 6.45) is -2.11. The van der Waals surface area contributed by atoms with Gasteiger partial charge in [0.2, 0.25) is 5.95 Å². The number of aromatic nitrogens is 2. The van der Waals surface area contributed by atoms with Crippen molar-refractivity contribution in [2.24, 2.45) is 11.3 Å². The fourth-order valence-corrected chi connectivity index (χ4v) is 4.59. The maximum atomic E-state index is 13.5. The van der Waals surface area contributed by atoms with Crippen molar-refractivity contribution >= 4 is 22.7 Å². The molecule has 0 amide bonds. The van der Waals surface area contributed by atoms with Gasteiger partial charge in [0, 0.05) is 24.5 Å². The van der Waals surface area contributed by atoms with Gasteiger partial charge in [-0.1, -0.05) is 6.42 Å². The highest BCUT2D eigenvalue weighted by molar-refractivity contribution is 5.91. The Hall–Kier alpha value is -2.45. The highest BCUT2D eigenvalue weighted by Gasteiger charge is 2.58.